The quantitative estimate of drug-likeness (QED) is 0.0310. The lowest BCUT2D eigenvalue weighted by Gasteiger charge is -2.26. The second-order valence-corrected chi connectivity index (χ2v) is 13.9. The van der Waals surface area contributed by atoms with Crippen LogP contribution in [0.2, 0.25) is 0 Å². The van der Waals surface area contributed by atoms with Gasteiger partial charge >= 0.3 is 5.97 Å². The van der Waals surface area contributed by atoms with E-state index in [2.05, 4.69) is 31.9 Å². The first kappa shape index (κ1) is 53.5. The second-order valence-electron chi connectivity index (χ2n) is 13.9. The molecular weight excluding hydrogens is 832 g/mol. The van der Waals surface area contributed by atoms with Crippen LogP contribution in [0, 0.1) is 0 Å². The first-order valence-electron chi connectivity index (χ1n) is 19.2. The van der Waals surface area contributed by atoms with Gasteiger partial charge in [-0.05, 0) is 45.6 Å². The number of carboxylic acid groups (broad SMARTS) is 1. The van der Waals surface area contributed by atoms with Gasteiger partial charge in [-0.1, -0.05) is 0 Å². The van der Waals surface area contributed by atoms with E-state index >= 15 is 0 Å². The number of nitrogens with two attached hydrogens (primary N) is 3. The molecule has 0 saturated carbocycles. The molecule has 8 atom stereocenters. The molecule has 1 aliphatic heterocycles. The molecule has 0 aromatic rings. The lowest BCUT2D eigenvalue weighted by atomic mass is 10.1. The summed E-state index contributed by atoms with van der Waals surface area (Å²) in [6, 6.07) is -12.2. The van der Waals surface area contributed by atoms with Crippen LogP contribution in [-0.4, -0.2) is 173 Å². The molecule has 19 N–H and O–H groups in total. The number of carbonyl (C=O) groups excluding carboxylic acids is 11. The summed E-state index contributed by atoms with van der Waals surface area (Å²) in [5.41, 5.74) is 15.7. The molecule has 1 saturated heterocycles. The number of amides is 11. The normalized spacial score (nSPS) is 16.5. The monoisotopic (exact) mass is 888 g/mol. The third-order valence-electron chi connectivity index (χ3n) is 8.86. The van der Waals surface area contributed by atoms with E-state index in [-0.39, 0.29) is 31.7 Å². The number of hydrogen-bond donors (Lipinski definition) is 16. The molecule has 62 heavy (non-hydrogen) atoms. The average Bonchev–Trinajstić information content (AvgIpc) is 3.66. The highest BCUT2D eigenvalue weighted by Crippen LogP contribution is 2.08. The highest BCUT2D eigenvalue weighted by Gasteiger charge is 2.34. The summed E-state index contributed by atoms with van der Waals surface area (Å²) < 4.78 is 0. The molecule has 28 heteroatoms. The van der Waals surface area contributed by atoms with Gasteiger partial charge < -0.3 is 85.5 Å². The van der Waals surface area contributed by atoms with E-state index in [1.807, 2.05) is 16.0 Å². The van der Waals surface area contributed by atoms with Crippen LogP contribution in [0.25, 0.3) is 0 Å². The molecule has 0 bridgehead atoms. The summed E-state index contributed by atoms with van der Waals surface area (Å²) in [4.78, 5) is 148. The van der Waals surface area contributed by atoms with Gasteiger partial charge in [-0.15, -0.1) is 0 Å². The van der Waals surface area contributed by atoms with Crippen LogP contribution in [0.15, 0.2) is 0 Å². The van der Waals surface area contributed by atoms with Crippen LogP contribution in [0.5, 0.6) is 0 Å². The molecule has 0 spiro atoms. The number of aliphatic hydroxyl groups excluding tert-OH is 3. The topological polar surface area (TPSA) is 472 Å². The fourth-order valence-corrected chi connectivity index (χ4v) is 5.41. The number of nitrogens with one attached hydrogen (secondary N) is 9. The Morgan fingerprint density at radius 2 is 1.13 bits per heavy atom. The smallest absolute Gasteiger partial charge is 0.326 e. The van der Waals surface area contributed by atoms with Gasteiger partial charge in [-0.25, -0.2) is 4.79 Å². The van der Waals surface area contributed by atoms with Crippen molar-refractivity contribution in [2.45, 2.75) is 107 Å². The van der Waals surface area contributed by atoms with Crippen LogP contribution in [-0.2, 0) is 57.5 Å². The van der Waals surface area contributed by atoms with E-state index in [4.69, 9.17) is 22.3 Å². The summed E-state index contributed by atoms with van der Waals surface area (Å²) in [5, 5.41) is 58.4. The van der Waals surface area contributed by atoms with Crippen LogP contribution < -0.4 is 65.1 Å². The van der Waals surface area contributed by atoms with Gasteiger partial charge in [0, 0.05) is 12.8 Å². The van der Waals surface area contributed by atoms with Crippen molar-refractivity contribution in [3.63, 3.8) is 0 Å². The number of rotatable bonds is 29. The van der Waals surface area contributed by atoms with Crippen molar-refractivity contribution in [1.82, 2.24) is 47.9 Å². The number of carbonyl (C=O) groups is 12. The van der Waals surface area contributed by atoms with Crippen molar-refractivity contribution in [3.05, 3.63) is 0 Å². The summed E-state index contributed by atoms with van der Waals surface area (Å²) in [6.07, 6.45) is -0.746. The van der Waals surface area contributed by atoms with Gasteiger partial charge in [0.1, 0.15) is 48.3 Å². The van der Waals surface area contributed by atoms with Gasteiger partial charge in [-0.2, -0.15) is 0 Å². The molecule has 11 amide bonds. The third kappa shape index (κ3) is 19.2. The molecule has 348 valence electrons. The fourth-order valence-electron chi connectivity index (χ4n) is 5.41. The second kappa shape index (κ2) is 27.3. The van der Waals surface area contributed by atoms with Gasteiger partial charge in [0.15, 0.2) is 0 Å². The van der Waals surface area contributed by atoms with Crippen molar-refractivity contribution in [1.29, 1.82) is 0 Å². The molecule has 1 rings (SSSR count). The SMILES string of the molecule is C[C@H](NC(=O)[C@@H]1CCC(=O)N1)C(=O)N[C@@H](CCCCN)C(=O)N[C@@H](CO)C(=O)N[C@@H](CCC(N)=O)C(=O)N[C@H](CO)C(=O)NCC(=O)N[C@@H](CO)C(=O)N[C@@H](CC(N)=O)C(=O)O. The molecule has 1 fully saturated rings. The van der Waals surface area contributed by atoms with Crippen molar-refractivity contribution in [2.24, 2.45) is 17.2 Å². The number of carboxylic acids is 1. The molecular formula is C34H56N12O16. The first-order chi connectivity index (χ1) is 29.2. The zero-order valence-electron chi connectivity index (χ0n) is 33.7. The van der Waals surface area contributed by atoms with E-state index in [0.29, 0.717) is 12.8 Å². The van der Waals surface area contributed by atoms with E-state index in [0.717, 1.165) is 0 Å². The largest absolute Gasteiger partial charge is 0.480 e. The lowest BCUT2D eigenvalue weighted by molar-refractivity contribution is -0.144. The number of aliphatic carboxylic acids is 1. The Bertz CT molecular complexity index is 1670. The van der Waals surface area contributed by atoms with Crippen molar-refractivity contribution in [3.8, 4) is 0 Å². The minimum absolute atomic E-state index is 0.00717. The Labute approximate surface area is 353 Å². The maximum absolute atomic E-state index is 13.4. The Morgan fingerprint density at radius 3 is 1.61 bits per heavy atom. The van der Waals surface area contributed by atoms with Gasteiger partial charge in [0.2, 0.25) is 65.0 Å². The summed E-state index contributed by atoms with van der Waals surface area (Å²) in [7, 11) is 0. The zero-order valence-corrected chi connectivity index (χ0v) is 33.7. The maximum Gasteiger partial charge on any atom is 0.326 e. The van der Waals surface area contributed by atoms with E-state index in [9.17, 15) is 72.9 Å². The van der Waals surface area contributed by atoms with Gasteiger partial charge in [-0.3, -0.25) is 52.7 Å². The molecule has 0 aromatic heterocycles. The zero-order chi connectivity index (χ0) is 47.1. The van der Waals surface area contributed by atoms with Crippen molar-refractivity contribution >= 4 is 70.9 Å². The summed E-state index contributed by atoms with van der Waals surface area (Å²) >= 11 is 0. The van der Waals surface area contributed by atoms with E-state index in [1.165, 1.54) is 6.92 Å². The van der Waals surface area contributed by atoms with Crippen LogP contribution in [0.3, 0.4) is 0 Å². The Morgan fingerprint density at radius 1 is 0.645 bits per heavy atom. The number of hydrogen-bond acceptors (Lipinski definition) is 16. The highest BCUT2D eigenvalue weighted by atomic mass is 16.4. The van der Waals surface area contributed by atoms with Crippen LogP contribution in [0.4, 0.5) is 0 Å². The Hall–Kier alpha value is -6.52. The maximum atomic E-state index is 13.4. The highest BCUT2D eigenvalue weighted by molar-refractivity contribution is 5.98. The standard InChI is InChI=1S/C34H56N12O16/c1-15(39-29(56)17-6-8-25(52)40-17)27(54)42-16(4-2-3-9-35)30(57)46-22(14-49)33(60)43-18(5-7-23(36)50)31(58)45-20(12-47)28(55)38-11-26(53)41-21(13-48)32(59)44-19(34(61)62)10-24(37)51/h15-22,47-49H,2-14,35H2,1H3,(H2,36,50)(H2,37,51)(H,38,55)(H,39,56)(H,40,52)(H,41,53)(H,42,54)(H,43,60)(H,44,59)(H,45,58)(H,46,57)(H,61,62)/t15-,16-,17-,18-,19-,20+,21-,22-/m0/s1. The predicted octanol–water partition coefficient (Wildman–Crippen LogP) is -9.87. The predicted molar refractivity (Wildman–Crippen MR) is 207 cm³/mol. The summed E-state index contributed by atoms with van der Waals surface area (Å²) in [6.45, 7) is -2.58. The minimum atomic E-state index is -1.82. The number of aliphatic hydroxyl groups is 3. The number of primary amides is 2. The number of unbranched alkanes of at least 4 members (excludes halogenated alkanes) is 1. The lowest BCUT2D eigenvalue weighted by Crippen LogP contribution is -2.60. The molecule has 1 aliphatic rings. The van der Waals surface area contributed by atoms with Crippen molar-refractivity contribution in [2.75, 3.05) is 32.9 Å². The molecule has 0 aliphatic carbocycles. The Kier molecular flexibility index (Phi) is 23.6. The molecule has 0 unspecified atom stereocenters. The summed E-state index contributed by atoms with van der Waals surface area (Å²) in [5.74, 6) is -12.3. The van der Waals surface area contributed by atoms with Gasteiger partial charge in [0.05, 0.1) is 32.8 Å². The Balaban J connectivity index is 2.99. The average molecular weight is 889 g/mol. The third-order valence-corrected chi connectivity index (χ3v) is 8.86. The molecule has 0 aromatic carbocycles. The van der Waals surface area contributed by atoms with Crippen LogP contribution in [0.1, 0.15) is 58.3 Å². The van der Waals surface area contributed by atoms with Gasteiger partial charge in [0.25, 0.3) is 0 Å². The minimum Gasteiger partial charge on any atom is -0.480 e. The fraction of sp³-hybridized carbons (Fsp3) is 0.647. The first-order valence-corrected chi connectivity index (χ1v) is 19.2. The van der Waals surface area contributed by atoms with Crippen molar-refractivity contribution < 1.29 is 78.0 Å². The van der Waals surface area contributed by atoms with E-state index < -0.39 is 159 Å². The van der Waals surface area contributed by atoms with Crippen LogP contribution >= 0.6 is 0 Å². The molecule has 1 heterocycles. The molecule has 0 radical (unpaired) electrons. The molecule has 28 nitrogen and oxygen atoms in total. The van der Waals surface area contributed by atoms with E-state index in [1.54, 1.807) is 0 Å².